The summed E-state index contributed by atoms with van der Waals surface area (Å²) in [5.41, 5.74) is 0. The van der Waals surface area contributed by atoms with Crippen molar-refractivity contribution < 1.29 is 9.90 Å². The molecule has 0 unspecified atom stereocenters. The largest absolute Gasteiger partial charge is 0.478 e. The number of hydrogen-bond acceptors (Lipinski definition) is 2. The number of carboxylic acids is 1. The summed E-state index contributed by atoms with van der Waals surface area (Å²) in [5, 5.41) is 8.45. The monoisotopic (exact) mass is 197 g/mol. The van der Waals surface area contributed by atoms with Crippen molar-refractivity contribution in [2.24, 2.45) is 5.92 Å². The molecule has 3 heteroatoms. The number of rotatable bonds is 7. The summed E-state index contributed by atoms with van der Waals surface area (Å²) in [4.78, 5) is 12.6. The van der Waals surface area contributed by atoms with Gasteiger partial charge in [0.15, 0.2) is 0 Å². The van der Waals surface area contributed by atoms with Crippen LogP contribution >= 0.6 is 0 Å². The Bertz CT molecular complexity index is 209. The molecule has 0 bridgehead atoms. The molecule has 1 aliphatic rings. The van der Waals surface area contributed by atoms with E-state index in [9.17, 15) is 4.79 Å². The van der Waals surface area contributed by atoms with E-state index in [1.165, 1.54) is 18.9 Å². The van der Waals surface area contributed by atoms with Gasteiger partial charge in [0.25, 0.3) is 0 Å². The molecule has 0 radical (unpaired) electrons. The molecule has 0 aromatic carbocycles. The first-order chi connectivity index (χ1) is 6.72. The Kier molecular flexibility index (Phi) is 4.66. The van der Waals surface area contributed by atoms with Crippen molar-refractivity contribution in [3.63, 3.8) is 0 Å². The zero-order valence-electron chi connectivity index (χ0n) is 8.78. The maximum absolute atomic E-state index is 10.3. The van der Waals surface area contributed by atoms with Crippen LogP contribution in [-0.4, -0.2) is 35.6 Å². The van der Waals surface area contributed by atoms with Crippen molar-refractivity contribution in [1.82, 2.24) is 4.90 Å². The molecule has 80 valence electrons. The molecule has 0 saturated heterocycles. The maximum Gasteiger partial charge on any atom is 0.328 e. The summed E-state index contributed by atoms with van der Waals surface area (Å²) >= 11 is 0. The molecule has 0 amide bonds. The van der Waals surface area contributed by atoms with Gasteiger partial charge in [-0.25, -0.2) is 4.79 Å². The van der Waals surface area contributed by atoms with Crippen LogP contribution in [0.25, 0.3) is 0 Å². The Morgan fingerprint density at radius 3 is 2.79 bits per heavy atom. The summed E-state index contributed by atoms with van der Waals surface area (Å²) in [7, 11) is 0. The van der Waals surface area contributed by atoms with E-state index in [4.69, 9.17) is 5.11 Å². The zero-order chi connectivity index (χ0) is 10.4. The highest BCUT2D eigenvalue weighted by molar-refractivity contribution is 5.79. The van der Waals surface area contributed by atoms with Crippen LogP contribution in [0.15, 0.2) is 12.2 Å². The van der Waals surface area contributed by atoms with Crippen LogP contribution < -0.4 is 0 Å². The van der Waals surface area contributed by atoms with E-state index >= 15 is 0 Å². The van der Waals surface area contributed by atoms with Gasteiger partial charge in [-0.05, 0) is 31.7 Å². The van der Waals surface area contributed by atoms with Crippen molar-refractivity contribution >= 4 is 5.97 Å². The Morgan fingerprint density at radius 1 is 1.57 bits per heavy atom. The van der Waals surface area contributed by atoms with Crippen LogP contribution in [0, 0.1) is 5.92 Å². The molecule has 0 aliphatic heterocycles. The minimum Gasteiger partial charge on any atom is -0.478 e. The SMILES string of the molecule is CCCN(C/C=C/C(=O)O)CC1CC1. The van der Waals surface area contributed by atoms with Gasteiger partial charge in [-0.3, -0.25) is 4.90 Å². The number of carbonyl (C=O) groups is 1. The fraction of sp³-hybridized carbons (Fsp3) is 0.727. The van der Waals surface area contributed by atoms with Crippen molar-refractivity contribution in [3.05, 3.63) is 12.2 Å². The lowest BCUT2D eigenvalue weighted by atomic mass is 10.3. The van der Waals surface area contributed by atoms with Gasteiger partial charge in [0.1, 0.15) is 0 Å². The highest BCUT2D eigenvalue weighted by Gasteiger charge is 2.23. The molecule has 0 aromatic heterocycles. The van der Waals surface area contributed by atoms with E-state index in [2.05, 4.69) is 11.8 Å². The highest BCUT2D eigenvalue weighted by Crippen LogP contribution is 2.29. The zero-order valence-corrected chi connectivity index (χ0v) is 8.78. The van der Waals surface area contributed by atoms with Gasteiger partial charge < -0.3 is 5.11 Å². The molecule has 1 rings (SSSR count). The lowest BCUT2D eigenvalue weighted by Crippen LogP contribution is -2.27. The molecule has 1 aliphatic carbocycles. The lowest BCUT2D eigenvalue weighted by molar-refractivity contribution is -0.131. The number of carboxylic acid groups (broad SMARTS) is 1. The Balaban J connectivity index is 2.22. The molecule has 14 heavy (non-hydrogen) atoms. The number of aliphatic carboxylic acids is 1. The molecule has 1 fully saturated rings. The van der Waals surface area contributed by atoms with E-state index in [0.29, 0.717) is 0 Å². The first-order valence-corrected chi connectivity index (χ1v) is 5.34. The summed E-state index contributed by atoms with van der Waals surface area (Å²) in [5.74, 6) is 0.0210. The molecule has 3 nitrogen and oxygen atoms in total. The Labute approximate surface area is 85.4 Å². The molecular weight excluding hydrogens is 178 g/mol. The number of nitrogens with zero attached hydrogens (tertiary/aromatic N) is 1. The fourth-order valence-corrected chi connectivity index (χ4v) is 1.54. The first-order valence-electron chi connectivity index (χ1n) is 5.34. The normalized spacial score (nSPS) is 16.7. The van der Waals surface area contributed by atoms with Crippen LogP contribution in [0.5, 0.6) is 0 Å². The van der Waals surface area contributed by atoms with Crippen molar-refractivity contribution in [2.75, 3.05) is 19.6 Å². The van der Waals surface area contributed by atoms with Crippen molar-refractivity contribution in [2.45, 2.75) is 26.2 Å². The fourth-order valence-electron chi connectivity index (χ4n) is 1.54. The van der Waals surface area contributed by atoms with Gasteiger partial charge in [0.2, 0.25) is 0 Å². The van der Waals surface area contributed by atoms with Crippen molar-refractivity contribution in [3.8, 4) is 0 Å². The first kappa shape index (κ1) is 11.2. The standard InChI is InChI=1S/C11H19NO2/c1-2-7-12(9-10-5-6-10)8-3-4-11(13)14/h3-4,10H,2,5-9H2,1H3,(H,13,14)/b4-3+. The average molecular weight is 197 g/mol. The van der Waals surface area contributed by atoms with Crippen molar-refractivity contribution in [1.29, 1.82) is 0 Å². The minimum absolute atomic E-state index is 0.774. The van der Waals surface area contributed by atoms with E-state index in [-0.39, 0.29) is 0 Å². The molecule has 0 spiro atoms. The van der Waals surface area contributed by atoms with Crippen LogP contribution in [0.1, 0.15) is 26.2 Å². The lowest BCUT2D eigenvalue weighted by Gasteiger charge is -2.19. The van der Waals surface area contributed by atoms with E-state index in [1.807, 2.05) is 0 Å². The second-order valence-corrected chi connectivity index (χ2v) is 3.94. The van der Waals surface area contributed by atoms with E-state index < -0.39 is 5.97 Å². The van der Waals surface area contributed by atoms with Crippen LogP contribution in [0.3, 0.4) is 0 Å². The van der Waals surface area contributed by atoms with Gasteiger partial charge in [-0.1, -0.05) is 13.0 Å². The summed E-state index contributed by atoms with van der Waals surface area (Å²) in [6.45, 7) is 5.13. The summed E-state index contributed by atoms with van der Waals surface area (Å²) < 4.78 is 0. The van der Waals surface area contributed by atoms with Gasteiger partial charge in [0.05, 0.1) is 0 Å². The molecule has 1 saturated carbocycles. The Morgan fingerprint density at radius 2 is 2.29 bits per heavy atom. The van der Waals surface area contributed by atoms with Gasteiger partial charge in [-0.2, -0.15) is 0 Å². The average Bonchev–Trinajstić information content (AvgIpc) is 2.88. The third-order valence-corrected chi connectivity index (χ3v) is 2.38. The molecule has 1 N–H and O–H groups in total. The Hall–Kier alpha value is -0.830. The topological polar surface area (TPSA) is 40.5 Å². The second kappa shape index (κ2) is 5.81. The third-order valence-electron chi connectivity index (χ3n) is 2.38. The smallest absolute Gasteiger partial charge is 0.328 e. The number of hydrogen-bond donors (Lipinski definition) is 1. The van der Waals surface area contributed by atoms with Gasteiger partial charge in [-0.15, -0.1) is 0 Å². The minimum atomic E-state index is -0.854. The van der Waals surface area contributed by atoms with E-state index in [0.717, 1.165) is 32.0 Å². The molecule has 0 heterocycles. The summed E-state index contributed by atoms with van der Waals surface area (Å²) in [6, 6.07) is 0. The molecular formula is C11H19NO2. The third kappa shape index (κ3) is 5.02. The van der Waals surface area contributed by atoms with Crippen LogP contribution in [0.4, 0.5) is 0 Å². The van der Waals surface area contributed by atoms with Crippen LogP contribution in [0.2, 0.25) is 0 Å². The maximum atomic E-state index is 10.3. The highest BCUT2D eigenvalue weighted by atomic mass is 16.4. The summed E-state index contributed by atoms with van der Waals surface area (Å²) in [6.07, 6.45) is 6.80. The van der Waals surface area contributed by atoms with Crippen LogP contribution in [-0.2, 0) is 4.79 Å². The van der Waals surface area contributed by atoms with Gasteiger partial charge >= 0.3 is 5.97 Å². The molecule has 0 aromatic rings. The quantitative estimate of drug-likeness (QED) is 0.632. The predicted molar refractivity (Wildman–Crippen MR) is 56.2 cm³/mol. The van der Waals surface area contributed by atoms with E-state index in [1.54, 1.807) is 6.08 Å². The molecule has 0 atom stereocenters. The van der Waals surface area contributed by atoms with Gasteiger partial charge in [0, 0.05) is 19.2 Å². The predicted octanol–water partition coefficient (Wildman–Crippen LogP) is 1.75. The second-order valence-electron chi connectivity index (χ2n) is 3.94.